The highest BCUT2D eigenvalue weighted by molar-refractivity contribution is 6.39. The summed E-state index contributed by atoms with van der Waals surface area (Å²) in [6, 6.07) is 4.89. The second-order valence-electron chi connectivity index (χ2n) is 5.44. The largest absolute Gasteiger partial charge is 0.494 e. The van der Waals surface area contributed by atoms with Gasteiger partial charge in [0, 0.05) is 18.0 Å². The molecule has 1 saturated carbocycles. The summed E-state index contributed by atoms with van der Waals surface area (Å²) in [6.45, 7) is 0.622. The highest BCUT2D eigenvalue weighted by Crippen LogP contribution is 2.30. The van der Waals surface area contributed by atoms with Gasteiger partial charge in [0.25, 0.3) is 5.91 Å². The summed E-state index contributed by atoms with van der Waals surface area (Å²) in [6.07, 6.45) is 5.19. The summed E-state index contributed by atoms with van der Waals surface area (Å²) in [4.78, 5) is 16.2. The van der Waals surface area contributed by atoms with Gasteiger partial charge in [0.1, 0.15) is 13.6 Å². The smallest absolute Gasteiger partial charge is 0.255 e. The van der Waals surface area contributed by atoms with Crippen molar-refractivity contribution >= 4 is 48.1 Å². The van der Waals surface area contributed by atoms with E-state index < -0.39 is 0 Å². The molecule has 1 aliphatic carbocycles. The monoisotopic (exact) mass is 346 g/mol. The quantitative estimate of drug-likeness (QED) is 0.845. The Balaban J connectivity index is 1.77. The van der Waals surface area contributed by atoms with Crippen LogP contribution in [-0.2, 0) is 0 Å². The number of nitrogens with one attached hydrogen (secondary N) is 1. The third-order valence-corrected chi connectivity index (χ3v) is 4.11. The van der Waals surface area contributed by atoms with Gasteiger partial charge in [-0.25, -0.2) is 0 Å². The van der Waals surface area contributed by atoms with Crippen molar-refractivity contribution in [3.05, 3.63) is 46.2 Å². The lowest BCUT2D eigenvalue weighted by Gasteiger charge is -2.12. The van der Waals surface area contributed by atoms with Crippen molar-refractivity contribution in [2.75, 3.05) is 11.9 Å². The van der Waals surface area contributed by atoms with Gasteiger partial charge in [0.15, 0.2) is 0 Å². The molecule has 1 amide bonds. The second-order valence-corrected chi connectivity index (χ2v) is 6.25. The molecule has 7 heteroatoms. The Morgan fingerprint density at radius 3 is 2.65 bits per heavy atom. The van der Waals surface area contributed by atoms with Crippen LogP contribution >= 0.6 is 23.2 Å². The number of ether oxygens (including phenoxy) is 1. The van der Waals surface area contributed by atoms with Gasteiger partial charge >= 0.3 is 0 Å². The molecular formula is C16H13BCl2N2O2. The van der Waals surface area contributed by atoms with Crippen LogP contribution in [0.4, 0.5) is 5.69 Å². The van der Waals surface area contributed by atoms with Gasteiger partial charge in [0.05, 0.1) is 22.3 Å². The molecule has 3 rings (SSSR count). The third kappa shape index (κ3) is 3.98. The number of halogens is 2. The van der Waals surface area contributed by atoms with Crippen LogP contribution < -0.4 is 15.5 Å². The SMILES string of the molecule is [B]c1ccc(C(=O)Nc2c(Cl)cncc2Cl)cc1OCC1CC1. The number of hydrogen-bond acceptors (Lipinski definition) is 3. The molecule has 4 nitrogen and oxygen atoms in total. The fourth-order valence-electron chi connectivity index (χ4n) is 2.01. The van der Waals surface area contributed by atoms with Crippen LogP contribution in [0.15, 0.2) is 30.6 Å². The Labute approximate surface area is 145 Å². The maximum absolute atomic E-state index is 12.4. The molecule has 1 aromatic carbocycles. The van der Waals surface area contributed by atoms with Gasteiger partial charge in [-0.15, -0.1) is 0 Å². The van der Waals surface area contributed by atoms with E-state index in [1.165, 1.54) is 25.2 Å². The molecule has 1 heterocycles. The Bertz CT molecular complexity index is 731. The predicted octanol–water partition coefficient (Wildman–Crippen LogP) is 3.22. The number of hydrogen-bond donors (Lipinski definition) is 1. The number of amides is 1. The molecule has 116 valence electrons. The van der Waals surface area contributed by atoms with E-state index in [1.807, 2.05) is 0 Å². The summed E-state index contributed by atoms with van der Waals surface area (Å²) in [7, 11) is 5.89. The standard InChI is InChI=1S/C16H13BCl2N2O2/c17-11-4-3-10(5-14(11)23-8-9-1-2-9)16(22)21-15-12(18)6-20-7-13(15)19/h3-7,9H,1-2,8H2,(H,20,21,22). The van der Waals surface area contributed by atoms with E-state index in [0.717, 1.165) is 0 Å². The molecule has 0 atom stereocenters. The van der Waals surface area contributed by atoms with E-state index in [0.29, 0.717) is 35.0 Å². The molecule has 1 fully saturated rings. The molecule has 0 spiro atoms. The van der Waals surface area contributed by atoms with Gasteiger partial charge in [-0.2, -0.15) is 0 Å². The number of rotatable bonds is 5. The van der Waals surface area contributed by atoms with E-state index in [9.17, 15) is 4.79 Å². The lowest BCUT2D eigenvalue weighted by molar-refractivity contribution is 0.102. The second kappa shape index (κ2) is 6.81. The van der Waals surface area contributed by atoms with Crippen LogP contribution in [-0.4, -0.2) is 25.3 Å². The molecule has 23 heavy (non-hydrogen) atoms. The number of benzene rings is 1. The first-order chi connectivity index (χ1) is 11.0. The minimum absolute atomic E-state index is 0.270. The number of carbonyl (C=O) groups excluding carboxylic acids is 1. The highest BCUT2D eigenvalue weighted by Gasteiger charge is 2.22. The highest BCUT2D eigenvalue weighted by atomic mass is 35.5. The Morgan fingerprint density at radius 2 is 2.00 bits per heavy atom. The lowest BCUT2D eigenvalue weighted by atomic mass is 9.93. The molecule has 1 aliphatic rings. The van der Waals surface area contributed by atoms with Crippen molar-refractivity contribution < 1.29 is 9.53 Å². The molecule has 2 radical (unpaired) electrons. The Kier molecular flexibility index (Phi) is 4.78. The first kappa shape index (κ1) is 16.2. The number of carbonyl (C=O) groups is 1. The predicted molar refractivity (Wildman–Crippen MR) is 92.3 cm³/mol. The molecule has 0 bridgehead atoms. The first-order valence-corrected chi connectivity index (χ1v) is 7.93. The molecule has 0 unspecified atom stereocenters. The van der Waals surface area contributed by atoms with Crippen molar-refractivity contribution in [2.45, 2.75) is 12.8 Å². The van der Waals surface area contributed by atoms with Gasteiger partial charge < -0.3 is 10.1 Å². The Hall–Kier alpha value is -1.72. The molecule has 1 aromatic heterocycles. The normalized spacial score (nSPS) is 13.7. The maximum Gasteiger partial charge on any atom is 0.255 e. The van der Waals surface area contributed by atoms with Crippen molar-refractivity contribution in [3.8, 4) is 5.75 Å². The van der Waals surface area contributed by atoms with Gasteiger partial charge in [-0.3, -0.25) is 9.78 Å². The molecule has 1 N–H and O–H groups in total. The number of nitrogens with zero attached hydrogens (tertiary/aromatic N) is 1. The first-order valence-electron chi connectivity index (χ1n) is 7.17. The number of aromatic nitrogens is 1. The van der Waals surface area contributed by atoms with E-state index in [1.54, 1.807) is 18.2 Å². The van der Waals surface area contributed by atoms with Crippen molar-refractivity contribution in [1.29, 1.82) is 0 Å². The van der Waals surface area contributed by atoms with Gasteiger partial charge in [-0.05, 0) is 30.9 Å². The third-order valence-electron chi connectivity index (χ3n) is 3.54. The zero-order valence-electron chi connectivity index (χ0n) is 12.2. The van der Waals surface area contributed by atoms with Crippen LogP contribution in [0.1, 0.15) is 23.2 Å². The van der Waals surface area contributed by atoms with Crippen LogP contribution in [0.3, 0.4) is 0 Å². The summed E-state index contributed by atoms with van der Waals surface area (Å²) in [5.74, 6) is 0.758. The molecule has 0 saturated heterocycles. The fraction of sp³-hybridized carbons (Fsp3) is 0.250. The van der Waals surface area contributed by atoms with Crippen LogP contribution in [0, 0.1) is 5.92 Å². The van der Waals surface area contributed by atoms with E-state index in [4.69, 9.17) is 35.8 Å². The van der Waals surface area contributed by atoms with Gasteiger partial charge in [-0.1, -0.05) is 34.7 Å². The fourth-order valence-corrected chi connectivity index (χ4v) is 2.47. The summed E-state index contributed by atoms with van der Waals surface area (Å²) < 4.78 is 5.68. The number of pyridine rings is 1. The average molecular weight is 347 g/mol. The molecular weight excluding hydrogens is 334 g/mol. The minimum atomic E-state index is -0.351. The Morgan fingerprint density at radius 1 is 1.30 bits per heavy atom. The number of anilines is 1. The maximum atomic E-state index is 12.4. The topological polar surface area (TPSA) is 51.2 Å². The van der Waals surface area contributed by atoms with Crippen LogP contribution in [0.2, 0.25) is 10.0 Å². The lowest BCUT2D eigenvalue weighted by Crippen LogP contribution is -2.16. The summed E-state index contributed by atoms with van der Waals surface area (Å²) >= 11 is 12.0. The van der Waals surface area contributed by atoms with E-state index in [-0.39, 0.29) is 16.0 Å². The summed E-state index contributed by atoms with van der Waals surface area (Å²) in [5, 5.41) is 3.22. The zero-order chi connectivity index (χ0) is 16.4. The average Bonchev–Trinajstić information content (AvgIpc) is 3.34. The van der Waals surface area contributed by atoms with Crippen LogP contribution in [0.25, 0.3) is 0 Å². The minimum Gasteiger partial charge on any atom is -0.494 e. The van der Waals surface area contributed by atoms with E-state index >= 15 is 0 Å². The molecule has 0 aliphatic heterocycles. The summed E-state index contributed by atoms with van der Waals surface area (Å²) in [5.41, 5.74) is 1.24. The van der Waals surface area contributed by atoms with E-state index in [2.05, 4.69) is 10.3 Å². The van der Waals surface area contributed by atoms with Crippen LogP contribution in [0.5, 0.6) is 5.75 Å². The van der Waals surface area contributed by atoms with Crippen molar-refractivity contribution in [1.82, 2.24) is 4.98 Å². The zero-order valence-corrected chi connectivity index (χ0v) is 13.7. The van der Waals surface area contributed by atoms with Crippen molar-refractivity contribution in [2.24, 2.45) is 5.92 Å². The van der Waals surface area contributed by atoms with Gasteiger partial charge in [0.2, 0.25) is 0 Å². The molecule has 2 aromatic rings. The van der Waals surface area contributed by atoms with Crippen molar-refractivity contribution in [3.63, 3.8) is 0 Å².